The van der Waals surface area contributed by atoms with Crippen molar-refractivity contribution in [3.8, 4) is 11.5 Å². The minimum atomic E-state index is -0.360. The van der Waals surface area contributed by atoms with Gasteiger partial charge in [0.15, 0.2) is 0 Å². The van der Waals surface area contributed by atoms with Crippen molar-refractivity contribution in [3.05, 3.63) is 48.0 Å². The largest absolute Gasteiger partial charge is 0.496 e. The van der Waals surface area contributed by atoms with Crippen LogP contribution in [0.15, 0.2) is 42.5 Å². The Balaban J connectivity index is 2.23. The van der Waals surface area contributed by atoms with Gasteiger partial charge >= 0.3 is 0 Å². The van der Waals surface area contributed by atoms with E-state index in [0.29, 0.717) is 28.4 Å². The first-order valence-corrected chi connectivity index (χ1v) is 7.89. The third kappa shape index (κ3) is 4.50. The average molecular weight is 342 g/mol. The van der Waals surface area contributed by atoms with Crippen molar-refractivity contribution in [2.75, 3.05) is 24.9 Å². The first-order valence-electron chi connectivity index (χ1n) is 7.89. The molecule has 2 amide bonds. The number of amides is 2. The van der Waals surface area contributed by atoms with Crippen molar-refractivity contribution >= 4 is 23.2 Å². The number of methoxy groups -OCH3 is 2. The lowest BCUT2D eigenvalue weighted by molar-refractivity contribution is -0.118. The molecule has 0 bridgehead atoms. The molecular formula is C19H22N2O4. The van der Waals surface area contributed by atoms with E-state index in [4.69, 9.17) is 9.47 Å². The van der Waals surface area contributed by atoms with Gasteiger partial charge in [0.05, 0.1) is 14.2 Å². The number of ether oxygens (including phenoxy) is 2. The molecule has 0 aliphatic rings. The lowest BCUT2D eigenvalue weighted by Crippen LogP contribution is -2.18. The molecule has 0 heterocycles. The van der Waals surface area contributed by atoms with E-state index in [1.807, 2.05) is 13.8 Å². The van der Waals surface area contributed by atoms with Crippen molar-refractivity contribution < 1.29 is 19.1 Å². The van der Waals surface area contributed by atoms with Crippen LogP contribution in [-0.2, 0) is 4.79 Å². The van der Waals surface area contributed by atoms with Gasteiger partial charge in [0.2, 0.25) is 5.91 Å². The Labute approximate surface area is 147 Å². The summed E-state index contributed by atoms with van der Waals surface area (Å²) >= 11 is 0. The van der Waals surface area contributed by atoms with Crippen molar-refractivity contribution in [1.29, 1.82) is 0 Å². The van der Waals surface area contributed by atoms with Gasteiger partial charge in [0.25, 0.3) is 5.91 Å². The molecule has 132 valence electrons. The summed E-state index contributed by atoms with van der Waals surface area (Å²) in [7, 11) is 2.99. The second kappa shape index (κ2) is 8.19. The number of benzene rings is 2. The van der Waals surface area contributed by atoms with E-state index >= 15 is 0 Å². The number of carbonyl (C=O) groups is 2. The summed E-state index contributed by atoms with van der Waals surface area (Å²) in [5.41, 5.74) is 1.48. The molecule has 6 heteroatoms. The summed E-state index contributed by atoms with van der Waals surface area (Å²) in [6, 6.07) is 12.1. The number of hydrogen-bond donors (Lipinski definition) is 2. The molecule has 0 aromatic heterocycles. The van der Waals surface area contributed by atoms with Gasteiger partial charge in [-0.15, -0.1) is 0 Å². The molecule has 0 unspecified atom stereocenters. The zero-order chi connectivity index (χ0) is 18.4. The van der Waals surface area contributed by atoms with Gasteiger partial charge in [-0.05, 0) is 30.3 Å². The van der Waals surface area contributed by atoms with Crippen LogP contribution in [0.4, 0.5) is 11.4 Å². The second-order valence-corrected chi connectivity index (χ2v) is 5.72. The molecule has 0 fully saturated rings. The fraction of sp³-hybridized carbons (Fsp3) is 0.263. The van der Waals surface area contributed by atoms with Crippen LogP contribution >= 0.6 is 0 Å². The van der Waals surface area contributed by atoms with Gasteiger partial charge in [-0.25, -0.2) is 0 Å². The zero-order valence-corrected chi connectivity index (χ0v) is 14.8. The zero-order valence-electron chi connectivity index (χ0n) is 14.8. The van der Waals surface area contributed by atoms with Gasteiger partial charge in [-0.1, -0.05) is 26.0 Å². The first-order chi connectivity index (χ1) is 12.0. The van der Waals surface area contributed by atoms with Crippen LogP contribution < -0.4 is 20.1 Å². The van der Waals surface area contributed by atoms with E-state index in [9.17, 15) is 9.59 Å². The topological polar surface area (TPSA) is 76.7 Å². The third-order valence-corrected chi connectivity index (χ3v) is 3.57. The summed E-state index contributed by atoms with van der Waals surface area (Å²) in [6.45, 7) is 3.63. The van der Waals surface area contributed by atoms with Gasteiger partial charge in [0.1, 0.15) is 17.1 Å². The molecule has 6 nitrogen and oxygen atoms in total. The van der Waals surface area contributed by atoms with Crippen LogP contribution in [0.3, 0.4) is 0 Å². The van der Waals surface area contributed by atoms with Crippen molar-refractivity contribution in [2.24, 2.45) is 5.92 Å². The summed E-state index contributed by atoms with van der Waals surface area (Å²) in [4.78, 5) is 24.5. The second-order valence-electron chi connectivity index (χ2n) is 5.72. The van der Waals surface area contributed by atoms with Crippen molar-refractivity contribution in [3.63, 3.8) is 0 Å². The summed E-state index contributed by atoms with van der Waals surface area (Å²) in [5, 5.41) is 5.60. The smallest absolute Gasteiger partial charge is 0.263 e. The number of rotatable bonds is 6. The van der Waals surface area contributed by atoms with E-state index in [1.165, 1.54) is 14.2 Å². The highest BCUT2D eigenvalue weighted by Crippen LogP contribution is 2.29. The molecule has 25 heavy (non-hydrogen) atoms. The molecular weight excluding hydrogens is 320 g/mol. The predicted octanol–water partition coefficient (Wildman–Crippen LogP) is 3.55. The number of nitrogens with one attached hydrogen (secondary N) is 2. The number of anilines is 2. The highest BCUT2D eigenvalue weighted by atomic mass is 16.5. The van der Waals surface area contributed by atoms with Crippen LogP contribution in [0, 0.1) is 5.92 Å². The molecule has 0 saturated heterocycles. The van der Waals surface area contributed by atoms with Gasteiger partial charge in [-0.2, -0.15) is 0 Å². The number of hydrogen-bond acceptors (Lipinski definition) is 4. The van der Waals surface area contributed by atoms with E-state index in [1.54, 1.807) is 42.5 Å². The molecule has 0 spiro atoms. The van der Waals surface area contributed by atoms with Crippen LogP contribution in [0.5, 0.6) is 11.5 Å². The predicted molar refractivity (Wildman–Crippen MR) is 97.4 cm³/mol. The normalized spacial score (nSPS) is 10.3. The Bertz CT molecular complexity index is 750. The SMILES string of the molecule is COc1cccc(OC)c1C(=O)Nc1cccc(NC(=O)C(C)C)c1. The third-order valence-electron chi connectivity index (χ3n) is 3.57. The molecule has 0 aliphatic carbocycles. The minimum absolute atomic E-state index is 0.0881. The minimum Gasteiger partial charge on any atom is -0.496 e. The molecule has 2 N–H and O–H groups in total. The van der Waals surface area contributed by atoms with E-state index in [0.717, 1.165) is 0 Å². The summed E-state index contributed by atoms with van der Waals surface area (Å²) in [6.07, 6.45) is 0. The van der Waals surface area contributed by atoms with Crippen LogP contribution in [0.2, 0.25) is 0 Å². The maximum atomic E-state index is 12.7. The molecule has 2 aromatic rings. The Morgan fingerprint density at radius 2 is 1.40 bits per heavy atom. The summed E-state index contributed by atoms with van der Waals surface area (Å²) < 4.78 is 10.5. The lowest BCUT2D eigenvalue weighted by Gasteiger charge is -2.14. The Hall–Kier alpha value is -3.02. The average Bonchev–Trinajstić information content (AvgIpc) is 2.60. The molecule has 0 radical (unpaired) electrons. The standard InChI is InChI=1S/C19H22N2O4/c1-12(2)18(22)20-13-7-5-8-14(11-13)21-19(23)17-15(24-3)9-6-10-16(17)25-4/h5-12H,1-4H3,(H,20,22)(H,21,23). The number of carbonyl (C=O) groups excluding carboxylic acids is 2. The Morgan fingerprint density at radius 3 is 1.92 bits per heavy atom. The Morgan fingerprint density at radius 1 is 0.880 bits per heavy atom. The molecule has 2 aromatic carbocycles. The van der Waals surface area contributed by atoms with Gasteiger partial charge < -0.3 is 20.1 Å². The summed E-state index contributed by atoms with van der Waals surface area (Å²) in [5.74, 6) is 0.259. The van der Waals surface area contributed by atoms with Crippen molar-refractivity contribution in [2.45, 2.75) is 13.8 Å². The first kappa shape index (κ1) is 18.3. The van der Waals surface area contributed by atoms with E-state index in [-0.39, 0.29) is 17.7 Å². The van der Waals surface area contributed by atoms with E-state index < -0.39 is 0 Å². The van der Waals surface area contributed by atoms with Crippen LogP contribution in [0.1, 0.15) is 24.2 Å². The van der Waals surface area contributed by atoms with Crippen molar-refractivity contribution in [1.82, 2.24) is 0 Å². The fourth-order valence-corrected chi connectivity index (χ4v) is 2.23. The molecule has 2 rings (SSSR count). The maximum Gasteiger partial charge on any atom is 0.263 e. The maximum absolute atomic E-state index is 12.7. The highest BCUT2D eigenvalue weighted by molar-refractivity contribution is 6.08. The lowest BCUT2D eigenvalue weighted by atomic mass is 10.1. The quantitative estimate of drug-likeness (QED) is 0.842. The highest BCUT2D eigenvalue weighted by Gasteiger charge is 2.18. The van der Waals surface area contributed by atoms with Gasteiger partial charge in [-0.3, -0.25) is 9.59 Å². The van der Waals surface area contributed by atoms with Gasteiger partial charge in [0, 0.05) is 17.3 Å². The van der Waals surface area contributed by atoms with E-state index in [2.05, 4.69) is 10.6 Å². The molecule has 0 atom stereocenters. The van der Waals surface area contributed by atoms with Crippen LogP contribution in [0.25, 0.3) is 0 Å². The fourth-order valence-electron chi connectivity index (χ4n) is 2.23. The monoisotopic (exact) mass is 342 g/mol. The van der Waals surface area contributed by atoms with Crippen LogP contribution in [-0.4, -0.2) is 26.0 Å². The Kier molecular flexibility index (Phi) is 6.00. The molecule has 0 saturated carbocycles. The molecule has 0 aliphatic heterocycles.